The van der Waals surface area contributed by atoms with E-state index in [-0.39, 0.29) is 22.3 Å². The quantitative estimate of drug-likeness (QED) is 0.393. The minimum atomic E-state index is -1.19. The zero-order valence-electron chi connectivity index (χ0n) is 16.8. The number of nitrogens with zero attached hydrogens (tertiary/aromatic N) is 4. The minimum absolute atomic E-state index is 0.0537. The van der Waals surface area contributed by atoms with Crippen LogP contribution >= 0.6 is 58.1 Å². The van der Waals surface area contributed by atoms with Crippen LogP contribution in [0.2, 0.25) is 10.0 Å². The van der Waals surface area contributed by atoms with Gasteiger partial charge in [-0.3, -0.25) is 19.3 Å². The Kier molecular flexibility index (Phi) is 7.05. The highest BCUT2D eigenvalue weighted by atomic mass is 35.5. The highest BCUT2D eigenvalue weighted by Crippen LogP contribution is 2.41. The van der Waals surface area contributed by atoms with Crippen LogP contribution in [0.15, 0.2) is 32.8 Å². The lowest BCUT2D eigenvalue weighted by Gasteiger charge is -2.49. The Hall–Kier alpha value is -2.06. The Morgan fingerprint density at radius 2 is 1.97 bits per heavy atom. The predicted octanol–water partition coefficient (Wildman–Crippen LogP) is 1.85. The van der Waals surface area contributed by atoms with E-state index in [1.54, 1.807) is 0 Å². The Morgan fingerprint density at radius 3 is 2.58 bits per heavy atom. The number of pyridine rings is 1. The summed E-state index contributed by atoms with van der Waals surface area (Å²) in [4.78, 5) is 50.0. The summed E-state index contributed by atoms with van der Waals surface area (Å²) >= 11 is 15.8. The third-order valence-corrected chi connectivity index (χ3v) is 8.70. The molecule has 33 heavy (non-hydrogen) atoms. The van der Waals surface area contributed by atoms with E-state index in [2.05, 4.69) is 15.5 Å². The Morgan fingerprint density at radius 1 is 1.27 bits per heavy atom. The van der Waals surface area contributed by atoms with E-state index in [1.807, 2.05) is 6.92 Å². The molecular formula is C18H15Cl2N5O5S3. The fraction of sp³-hybridized carbons (Fsp3) is 0.333. The molecule has 174 valence electrons. The average Bonchev–Trinajstić information content (AvgIpc) is 3.18. The van der Waals surface area contributed by atoms with Gasteiger partial charge >= 0.3 is 5.97 Å². The van der Waals surface area contributed by atoms with Crippen molar-refractivity contribution in [2.75, 3.05) is 11.5 Å². The highest BCUT2D eigenvalue weighted by Gasteiger charge is 2.54. The molecule has 10 nitrogen and oxygen atoms in total. The number of hydrogen-bond donors (Lipinski definition) is 2. The monoisotopic (exact) mass is 547 g/mol. The van der Waals surface area contributed by atoms with E-state index < -0.39 is 34.6 Å². The number of aromatic nitrogens is 3. The Balaban J connectivity index is 1.43. The van der Waals surface area contributed by atoms with Gasteiger partial charge in [-0.1, -0.05) is 46.3 Å². The lowest BCUT2D eigenvalue weighted by atomic mass is 10.0. The molecular weight excluding hydrogens is 533 g/mol. The molecule has 1 saturated heterocycles. The van der Waals surface area contributed by atoms with Crippen LogP contribution in [-0.2, 0) is 20.9 Å². The van der Waals surface area contributed by atoms with Crippen LogP contribution in [0.5, 0.6) is 0 Å². The zero-order chi connectivity index (χ0) is 23.9. The molecule has 1 unspecified atom stereocenters. The third-order valence-electron chi connectivity index (χ3n) is 4.76. The Bertz CT molecular complexity index is 1220. The molecule has 0 spiro atoms. The maximum Gasteiger partial charge on any atom is 0.352 e. The number of carbonyl (C=O) groups excluding carboxylic acids is 2. The average molecular weight is 548 g/mol. The van der Waals surface area contributed by atoms with Gasteiger partial charge in [-0.25, -0.2) is 4.79 Å². The normalized spacial score (nSPS) is 19.8. The number of aryl methyl sites for hydroxylation is 1. The first-order chi connectivity index (χ1) is 15.7. The number of carbonyl (C=O) groups is 3. The SMILES string of the molecule is Cc1nnc(SCC2=C(C(=O)O)N3C(=O)[C@@H](NC(=O)Cn4cc(Cl)c(=O)c(Cl)c4)C3SC2)s1. The number of carboxylic acid groups (broad SMARTS) is 1. The molecule has 4 rings (SSSR count). The maximum atomic E-state index is 12.8. The number of rotatable bonds is 7. The first kappa shape index (κ1) is 24.1. The standard InChI is InChI=1S/C18H15Cl2N5O5S3/c1-7-22-23-18(33-7)32-6-8-5-31-16-12(15(28)25(16)13(8)17(29)30)21-11(26)4-24-2-9(19)14(27)10(20)3-24/h2-3,12,16H,4-6H2,1H3,(H,21,26)(H,29,30)/t12-,16?/m1/s1. The third kappa shape index (κ3) is 4.92. The molecule has 0 saturated carbocycles. The number of hydrogen-bond acceptors (Lipinski definition) is 9. The van der Waals surface area contributed by atoms with E-state index in [0.29, 0.717) is 17.1 Å². The number of nitrogens with one attached hydrogen (secondary N) is 1. The van der Waals surface area contributed by atoms with Crippen molar-refractivity contribution in [1.82, 2.24) is 25.0 Å². The minimum Gasteiger partial charge on any atom is -0.477 e. The first-order valence-corrected chi connectivity index (χ1v) is 12.9. The fourth-order valence-corrected chi connectivity index (χ4v) is 7.12. The summed E-state index contributed by atoms with van der Waals surface area (Å²) in [6.07, 6.45) is 2.54. The molecule has 2 aliphatic heterocycles. The van der Waals surface area contributed by atoms with Gasteiger partial charge in [0.15, 0.2) is 4.34 Å². The second-order valence-electron chi connectivity index (χ2n) is 7.04. The number of β-lactam (4-membered cyclic amide) rings is 1. The van der Waals surface area contributed by atoms with Crippen LogP contribution < -0.4 is 10.7 Å². The van der Waals surface area contributed by atoms with E-state index >= 15 is 0 Å². The van der Waals surface area contributed by atoms with Gasteiger partial charge in [0.2, 0.25) is 11.3 Å². The first-order valence-electron chi connectivity index (χ1n) is 9.33. The number of halogens is 2. The number of amides is 2. The number of thioether (sulfide) groups is 2. The summed E-state index contributed by atoms with van der Waals surface area (Å²) in [5.41, 5.74) is 0.0147. The van der Waals surface area contributed by atoms with Crippen molar-refractivity contribution >= 4 is 75.8 Å². The predicted molar refractivity (Wildman–Crippen MR) is 126 cm³/mol. The van der Waals surface area contributed by atoms with Crippen LogP contribution in [0, 0.1) is 6.92 Å². The van der Waals surface area contributed by atoms with E-state index in [1.165, 1.54) is 56.7 Å². The molecule has 0 radical (unpaired) electrons. The molecule has 0 aliphatic carbocycles. The van der Waals surface area contributed by atoms with Crippen molar-refractivity contribution in [2.24, 2.45) is 0 Å². The number of fused-ring (bicyclic) bond motifs is 1. The molecule has 0 bridgehead atoms. The second-order valence-corrected chi connectivity index (χ2v) is 11.4. The van der Waals surface area contributed by atoms with Crippen LogP contribution in [-0.4, -0.2) is 65.5 Å². The second kappa shape index (κ2) is 9.66. The lowest BCUT2D eigenvalue weighted by molar-refractivity contribution is -0.150. The summed E-state index contributed by atoms with van der Waals surface area (Å²) in [6, 6.07) is -0.859. The van der Waals surface area contributed by atoms with Crippen molar-refractivity contribution in [3.05, 3.63) is 48.9 Å². The molecule has 2 aromatic heterocycles. The van der Waals surface area contributed by atoms with Gasteiger partial charge in [0.1, 0.15) is 38.7 Å². The molecule has 2 N–H and O–H groups in total. The van der Waals surface area contributed by atoms with E-state index in [4.69, 9.17) is 23.2 Å². The topological polar surface area (TPSA) is 134 Å². The van der Waals surface area contributed by atoms with Gasteiger partial charge in [0.25, 0.3) is 5.91 Å². The van der Waals surface area contributed by atoms with Crippen LogP contribution in [0.1, 0.15) is 5.01 Å². The summed E-state index contributed by atoms with van der Waals surface area (Å²) in [7, 11) is 0. The summed E-state index contributed by atoms with van der Waals surface area (Å²) in [5.74, 6) is -1.43. The molecule has 2 atom stereocenters. The number of aliphatic carboxylic acids is 1. The van der Waals surface area contributed by atoms with Gasteiger partial charge in [-0.2, -0.15) is 0 Å². The van der Waals surface area contributed by atoms with Crippen LogP contribution in [0.25, 0.3) is 0 Å². The van der Waals surface area contributed by atoms with Gasteiger partial charge in [0, 0.05) is 23.9 Å². The van der Waals surface area contributed by atoms with Crippen molar-refractivity contribution in [2.45, 2.75) is 29.2 Å². The van der Waals surface area contributed by atoms with Crippen molar-refractivity contribution in [3.63, 3.8) is 0 Å². The van der Waals surface area contributed by atoms with E-state index in [9.17, 15) is 24.3 Å². The van der Waals surface area contributed by atoms with Gasteiger partial charge in [-0.15, -0.1) is 22.0 Å². The molecule has 2 aromatic rings. The van der Waals surface area contributed by atoms with E-state index in [0.717, 1.165) is 9.35 Å². The van der Waals surface area contributed by atoms with Crippen molar-refractivity contribution in [3.8, 4) is 0 Å². The maximum absolute atomic E-state index is 12.8. The van der Waals surface area contributed by atoms with Gasteiger partial charge in [-0.05, 0) is 12.5 Å². The number of carboxylic acids is 1. The molecule has 15 heteroatoms. The summed E-state index contributed by atoms with van der Waals surface area (Å²) < 4.78 is 2.06. The molecule has 2 amide bonds. The van der Waals surface area contributed by atoms with Crippen molar-refractivity contribution in [1.29, 1.82) is 0 Å². The van der Waals surface area contributed by atoms with Crippen LogP contribution in [0.3, 0.4) is 0 Å². The van der Waals surface area contributed by atoms with Crippen molar-refractivity contribution < 1.29 is 19.5 Å². The summed E-state index contributed by atoms with van der Waals surface area (Å²) in [6.45, 7) is 1.62. The zero-order valence-corrected chi connectivity index (χ0v) is 20.7. The molecule has 4 heterocycles. The molecule has 2 aliphatic rings. The smallest absolute Gasteiger partial charge is 0.352 e. The van der Waals surface area contributed by atoms with Gasteiger partial charge < -0.3 is 15.0 Å². The Labute approximate surface area is 209 Å². The molecule has 0 aromatic carbocycles. The highest BCUT2D eigenvalue weighted by molar-refractivity contribution is 8.01. The van der Waals surface area contributed by atoms with Gasteiger partial charge in [0.05, 0.1) is 0 Å². The fourth-order valence-electron chi connectivity index (χ4n) is 3.32. The van der Waals surface area contributed by atoms with Crippen LogP contribution in [0.4, 0.5) is 0 Å². The lowest BCUT2D eigenvalue weighted by Crippen LogP contribution is -2.70. The summed E-state index contributed by atoms with van der Waals surface area (Å²) in [5, 5.41) is 20.4. The molecule has 1 fully saturated rings. The largest absolute Gasteiger partial charge is 0.477 e.